The number of ether oxygens (including phenoxy) is 1. The van der Waals surface area contributed by atoms with Crippen molar-refractivity contribution in [1.29, 1.82) is 5.26 Å². The third-order valence-corrected chi connectivity index (χ3v) is 4.51. The molecule has 0 unspecified atom stereocenters. The van der Waals surface area contributed by atoms with E-state index in [1.807, 2.05) is 0 Å². The predicted octanol–water partition coefficient (Wildman–Crippen LogP) is 2.91. The highest BCUT2D eigenvalue weighted by Gasteiger charge is 2.35. The summed E-state index contributed by atoms with van der Waals surface area (Å²) in [5.74, 6) is -0.402. The molecule has 3 aromatic rings. The minimum atomic E-state index is -0.609. The van der Waals surface area contributed by atoms with Crippen LogP contribution >= 0.6 is 0 Å². The fraction of sp³-hybridized carbons (Fsp3) is 0.0526. The number of rotatable bonds is 3. The molecule has 0 aliphatic carbocycles. The van der Waals surface area contributed by atoms with E-state index in [1.54, 1.807) is 24.3 Å². The largest absolute Gasteiger partial charge is 0.508 e. The number of allylic oxidation sites excluding steroid dienone is 1. The van der Waals surface area contributed by atoms with Crippen molar-refractivity contribution in [3.05, 3.63) is 81.2 Å². The van der Waals surface area contributed by atoms with Crippen LogP contribution < -0.4 is 10.5 Å². The molecule has 1 aliphatic rings. The van der Waals surface area contributed by atoms with Crippen LogP contribution in [0.5, 0.6) is 11.6 Å². The molecule has 1 aliphatic heterocycles. The van der Waals surface area contributed by atoms with Crippen molar-refractivity contribution in [3.8, 4) is 29.0 Å². The zero-order valence-electron chi connectivity index (χ0n) is 14.3. The molecule has 4 N–H and O–H groups in total. The van der Waals surface area contributed by atoms with Gasteiger partial charge in [0.05, 0.1) is 22.1 Å². The third kappa shape index (κ3) is 2.69. The quantitative estimate of drug-likeness (QED) is 0.470. The summed E-state index contributed by atoms with van der Waals surface area (Å²) in [5, 5.41) is 37.3. The number of non-ortho nitro benzene ring substituents is 1. The van der Waals surface area contributed by atoms with E-state index in [0.29, 0.717) is 22.4 Å². The van der Waals surface area contributed by atoms with Crippen LogP contribution in [-0.2, 0) is 0 Å². The number of phenols is 1. The van der Waals surface area contributed by atoms with Gasteiger partial charge in [0.15, 0.2) is 0 Å². The minimum Gasteiger partial charge on any atom is -0.508 e. The van der Waals surface area contributed by atoms with Crippen LogP contribution in [0.2, 0.25) is 0 Å². The lowest BCUT2D eigenvalue weighted by Gasteiger charge is -2.24. The van der Waals surface area contributed by atoms with Gasteiger partial charge in [-0.15, -0.1) is 5.10 Å². The molecule has 0 saturated carbocycles. The number of phenolic OH excluding ortho intramolecular Hbond substituents is 1. The third-order valence-electron chi connectivity index (χ3n) is 4.51. The maximum atomic E-state index is 11.1. The van der Waals surface area contributed by atoms with Crippen molar-refractivity contribution < 1.29 is 14.8 Å². The molecule has 0 bridgehead atoms. The number of nitrogens with two attached hydrogens (primary N) is 1. The molecule has 0 fully saturated rings. The second kappa shape index (κ2) is 6.44. The summed E-state index contributed by atoms with van der Waals surface area (Å²) in [6.07, 6.45) is 0. The number of nitro groups is 1. The maximum absolute atomic E-state index is 11.1. The lowest BCUT2D eigenvalue weighted by molar-refractivity contribution is -0.384. The van der Waals surface area contributed by atoms with Crippen LogP contribution in [0.25, 0.3) is 11.3 Å². The average Bonchev–Trinajstić information content (AvgIpc) is 3.11. The average molecular weight is 375 g/mol. The molecule has 4 rings (SSSR count). The molecule has 9 nitrogen and oxygen atoms in total. The Labute approximate surface area is 158 Å². The van der Waals surface area contributed by atoms with E-state index >= 15 is 0 Å². The van der Waals surface area contributed by atoms with Gasteiger partial charge in [0, 0.05) is 17.7 Å². The van der Waals surface area contributed by atoms with Gasteiger partial charge in [-0.05, 0) is 17.7 Å². The van der Waals surface area contributed by atoms with Crippen molar-refractivity contribution in [2.45, 2.75) is 5.92 Å². The molecule has 0 amide bonds. The van der Waals surface area contributed by atoms with E-state index in [9.17, 15) is 20.5 Å². The fourth-order valence-electron chi connectivity index (χ4n) is 3.24. The van der Waals surface area contributed by atoms with Crippen molar-refractivity contribution in [3.63, 3.8) is 0 Å². The van der Waals surface area contributed by atoms with E-state index in [4.69, 9.17) is 10.5 Å². The zero-order valence-corrected chi connectivity index (χ0v) is 14.3. The van der Waals surface area contributed by atoms with Crippen molar-refractivity contribution >= 4 is 5.69 Å². The topological polar surface area (TPSA) is 151 Å². The fourth-order valence-corrected chi connectivity index (χ4v) is 3.24. The highest BCUT2D eigenvalue weighted by atomic mass is 16.6. The van der Waals surface area contributed by atoms with E-state index in [1.165, 1.54) is 24.3 Å². The van der Waals surface area contributed by atoms with Crippen LogP contribution in [0.3, 0.4) is 0 Å². The smallest absolute Gasteiger partial charge is 0.270 e. The SMILES string of the molecule is N#CC1=C(N)Oc2n[nH]c(-c3cccc([N+](=O)[O-])c3)c2[C@H]1c1ccc(O)cc1. The molecule has 2 aromatic carbocycles. The van der Waals surface area contributed by atoms with Gasteiger partial charge in [-0.3, -0.25) is 15.2 Å². The molecule has 1 atom stereocenters. The van der Waals surface area contributed by atoms with Gasteiger partial charge < -0.3 is 15.6 Å². The summed E-state index contributed by atoms with van der Waals surface area (Å²) in [6.45, 7) is 0. The number of nitrogens with zero attached hydrogens (tertiary/aromatic N) is 3. The van der Waals surface area contributed by atoms with E-state index in [0.717, 1.165) is 0 Å². The normalized spacial score (nSPS) is 15.5. The summed E-state index contributed by atoms with van der Waals surface area (Å²) < 4.78 is 5.50. The number of H-pyrrole nitrogens is 1. The Bertz CT molecular complexity index is 1160. The van der Waals surface area contributed by atoms with Crippen LogP contribution in [0.15, 0.2) is 60.0 Å². The summed E-state index contributed by atoms with van der Waals surface area (Å²) in [7, 11) is 0. The Morgan fingerprint density at radius 1 is 1.29 bits per heavy atom. The summed E-state index contributed by atoms with van der Waals surface area (Å²) in [5.41, 5.74) is 8.26. The number of hydrogen-bond donors (Lipinski definition) is 3. The maximum Gasteiger partial charge on any atom is 0.270 e. The van der Waals surface area contributed by atoms with Gasteiger partial charge >= 0.3 is 0 Å². The van der Waals surface area contributed by atoms with Gasteiger partial charge in [-0.2, -0.15) is 5.26 Å². The van der Waals surface area contributed by atoms with Crippen molar-refractivity contribution in [1.82, 2.24) is 10.2 Å². The Morgan fingerprint density at radius 3 is 2.71 bits per heavy atom. The molecule has 9 heteroatoms. The summed E-state index contributed by atoms with van der Waals surface area (Å²) in [4.78, 5) is 10.6. The van der Waals surface area contributed by atoms with Crippen LogP contribution in [0.1, 0.15) is 17.0 Å². The number of nitrogens with one attached hydrogen (secondary N) is 1. The Morgan fingerprint density at radius 2 is 2.04 bits per heavy atom. The van der Waals surface area contributed by atoms with E-state index < -0.39 is 10.8 Å². The lowest BCUT2D eigenvalue weighted by Crippen LogP contribution is -2.20. The number of hydrogen-bond acceptors (Lipinski definition) is 7. The van der Waals surface area contributed by atoms with Gasteiger partial charge in [-0.1, -0.05) is 24.3 Å². The molecule has 138 valence electrons. The Balaban J connectivity index is 1.93. The molecule has 28 heavy (non-hydrogen) atoms. The number of aromatic hydroxyl groups is 1. The molecular weight excluding hydrogens is 362 g/mol. The molecule has 0 saturated heterocycles. The number of aromatic nitrogens is 2. The van der Waals surface area contributed by atoms with Crippen molar-refractivity contribution in [2.75, 3.05) is 0 Å². The molecule has 0 spiro atoms. The first-order chi connectivity index (χ1) is 13.5. The number of nitro benzene ring substituents is 1. The van der Waals surface area contributed by atoms with Gasteiger partial charge in [-0.25, -0.2) is 0 Å². The Hall–Kier alpha value is -4.32. The second-order valence-electron chi connectivity index (χ2n) is 6.14. The van der Waals surface area contributed by atoms with Gasteiger partial charge in [0.25, 0.3) is 5.69 Å². The molecule has 2 heterocycles. The number of benzene rings is 2. The highest BCUT2D eigenvalue weighted by molar-refractivity contribution is 5.72. The highest BCUT2D eigenvalue weighted by Crippen LogP contribution is 2.46. The first kappa shape index (κ1) is 17.1. The summed E-state index contributed by atoms with van der Waals surface area (Å²) >= 11 is 0. The zero-order chi connectivity index (χ0) is 19.8. The van der Waals surface area contributed by atoms with Crippen LogP contribution in [-0.4, -0.2) is 20.2 Å². The van der Waals surface area contributed by atoms with Crippen LogP contribution in [0, 0.1) is 21.4 Å². The Kier molecular flexibility index (Phi) is 3.94. The second-order valence-corrected chi connectivity index (χ2v) is 6.14. The number of fused-ring (bicyclic) bond motifs is 1. The molecule has 0 radical (unpaired) electrons. The number of nitriles is 1. The summed E-state index contributed by atoms with van der Waals surface area (Å²) in [6, 6.07) is 14.5. The van der Waals surface area contributed by atoms with Crippen molar-refractivity contribution in [2.24, 2.45) is 5.73 Å². The first-order valence-corrected chi connectivity index (χ1v) is 8.19. The van der Waals surface area contributed by atoms with E-state index in [-0.39, 0.29) is 28.8 Å². The van der Waals surface area contributed by atoms with Gasteiger partial charge in [0.1, 0.15) is 17.4 Å². The lowest BCUT2D eigenvalue weighted by atomic mass is 9.83. The first-order valence-electron chi connectivity index (χ1n) is 8.19. The van der Waals surface area contributed by atoms with Gasteiger partial charge in [0.2, 0.25) is 11.8 Å². The monoisotopic (exact) mass is 375 g/mol. The standard InChI is InChI=1S/C19H13N5O4/c20-9-14-15(10-4-6-13(25)7-5-10)16-17(22-23-19(16)28-18(14)21)11-2-1-3-12(8-11)24(26)27/h1-8,15,25H,21H2,(H,22,23)/t15-/m0/s1. The van der Waals surface area contributed by atoms with E-state index in [2.05, 4.69) is 16.3 Å². The van der Waals surface area contributed by atoms with Crippen LogP contribution in [0.4, 0.5) is 5.69 Å². The number of aromatic amines is 1. The predicted molar refractivity (Wildman–Crippen MR) is 98.1 cm³/mol. The minimum absolute atomic E-state index is 0.0647. The molecule has 1 aromatic heterocycles. The molecular formula is C19H13N5O4.